The van der Waals surface area contributed by atoms with Gasteiger partial charge >= 0.3 is 4.87 Å². The molecule has 3 aromatic rings. The number of thiazole rings is 1. The van der Waals surface area contributed by atoms with Crippen LogP contribution >= 0.6 is 23.1 Å². The molecule has 1 saturated heterocycles. The van der Waals surface area contributed by atoms with Crippen molar-refractivity contribution in [3.63, 3.8) is 0 Å². The summed E-state index contributed by atoms with van der Waals surface area (Å²) in [5, 5.41) is 1.18. The summed E-state index contributed by atoms with van der Waals surface area (Å²) in [5.74, 6) is 0.0412. The van der Waals surface area contributed by atoms with E-state index in [0.717, 1.165) is 21.9 Å². The lowest BCUT2D eigenvalue weighted by molar-refractivity contribution is -0.123. The number of nitrogens with zero attached hydrogens (tertiary/aromatic N) is 1. The maximum atomic E-state index is 13.7. The summed E-state index contributed by atoms with van der Waals surface area (Å²) in [6.07, 6.45) is 0.915. The van der Waals surface area contributed by atoms with E-state index in [2.05, 4.69) is 36.2 Å². The van der Waals surface area contributed by atoms with Gasteiger partial charge in [0.2, 0.25) is 11.8 Å². The number of benzene rings is 2. The molecule has 34 heavy (non-hydrogen) atoms. The molecule has 1 aromatic heterocycles. The fourth-order valence-electron chi connectivity index (χ4n) is 7.11. The Balaban J connectivity index is 1.32. The molecular formula is C27H24N2O3S2. The third-order valence-corrected chi connectivity index (χ3v) is 11.0. The number of thioether (sulfide) groups is 1. The summed E-state index contributed by atoms with van der Waals surface area (Å²) >= 11 is 3.04. The molecule has 172 valence electrons. The van der Waals surface area contributed by atoms with Crippen molar-refractivity contribution >= 4 is 40.6 Å². The topological polar surface area (TPSA) is 70.2 Å². The number of carbonyl (C=O) groups is 2. The highest BCUT2D eigenvalue weighted by atomic mass is 32.2. The van der Waals surface area contributed by atoms with Gasteiger partial charge in [0.1, 0.15) is 0 Å². The highest BCUT2D eigenvalue weighted by Gasteiger charge is 2.69. The molecule has 3 fully saturated rings. The number of hydrogen-bond acceptors (Lipinski definition) is 5. The first-order valence-electron chi connectivity index (χ1n) is 11.8. The van der Waals surface area contributed by atoms with Crippen LogP contribution < -0.4 is 9.77 Å². The Kier molecular flexibility index (Phi) is 4.38. The van der Waals surface area contributed by atoms with Crippen molar-refractivity contribution in [2.45, 2.75) is 36.5 Å². The number of anilines is 1. The van der Waals surface area contributed by atoms with Crippen molar-refractivity contribution < 1.29 is 9.59 Å². The molecule has 5 nitrogen and oxygen atoms in total. The van der Waals surface area contributed by atoms with E-state index in [1.807, 2.05) is 31.2 Å². The van der Waals surface area contributed by atoms with Crippen LogP contribution in [0.2, 0.25) is 0 Å². The van der Waals surface area contributed by atoms with Crippen LogP contribution in [0.1, 0.15) is 33.9 Å². The molecule has 2 aliphatic heterocycles. The second-order valence-corrected chi connectivity index (χ2v) is 12.4. The molecule has 7 atom stereocenters. The minimum Gasteiger partial charge on any atom is -0.307 e. The van der Waals surface area contributed by atoms with Crippen molar-refractivity contribution in [1.82, 2.24) is 4.98 Å². The predicted molar refractivity (Wildman–Crippen MR) is 133 cm³/mol. The Morgan fingerprint density at radius 1 is 0.853 bits per heavy atom. The van der Waals surface area contributed by atoms with Crippen LogP contribution in [0, 0.1) is 43.4 Å². The minimum atomic E-state index is -0.259. The first kappa shape index (κ1) is 20.7. The summed E-state index contributed by atoms with van der Waals surface area (Å²) in [4.78, 5) is 45.3. The third kappa shape index (κ3) is 2.71. The number of hydrogen-bond donors (Lipinski definition) is 1. The Morgan fingerprint density at radius 3 is 2.15 bits per heavy atom. The van der Waals surface area contributed by atoms with E-state index in [9.17, 15) is 14.4 Å². The van der Waals surface area contributed by atoms with E-state index in [1.54, 1.807) is 11.8 Å². The predicted octanol–water partition coefficient (Wildman–Crippen LogP) is 4.73. The highest BCUT2D eigenvalue weighted by molar-refractivity contribution is 8.00. The van der Waals surface area contributed by atoms with Gasteiger partial charge in [-0.2, -0.15) is 0 Å². The lowest BCUT2D eigenvalue weighted by Gasteiger charge is -2.43. The van der Waals surface area contributed by atoms with Gasteiger partial charge in [-0.05, 0) is 55.7 Å². The number of H-pyrrole nitrogens is 1. The van der Waals surface area contributed by atoms with E-state index in [1.165, 1.54) is 27.4 Å². The Labute approximate surface area is 205 Å². The molecule has 0 unspecified atom stereocenters. The van der Waals surface area contributed by atoms with Crippen LogP contribution in [0.25, 0.3) is 0 Å². The van der Waals surface area contributed by atoms with Gasteiger partial charge in [-0.1, -0.05) is 58.9 Å². The van der Waals surface area contributed by atoms with Gasteiger partial charge in [0.05, 0.1) is 22.5 Å². The molecule has 2 bridgehead atoms. The molecule has 7 rings (SSSR count). The maximum Gasteiger partial charge on any atom is 0.305 e. The van der Waals surface area contributed by atoms with Crippen molar-refractivity contribution in [2.24, 2.45) is 29.6 Å². The van der Waals surface area contributed by atoms with Crippen LogP contribution in [-0.2, 0) is 9.59 Å². The smallest absolute Gasteiger partial charge is 0.305 e. The Bertz CT molecular complexity index is 1390. The molecule has 3 heterocycles. The molecule has 1 N–H and O–H groups in total. The van der Waals surface area contributed by atoms with E-state index in [0.29, 0.717) is 5.69 Å². The summed E-state index contributed by atoms with van der Waals surface area (Å²) in [7, 11) is 0. The molecular weight excluding hydrogens is 464 g/mol. The lowest BCUT2D eigenvalue weighted by Crippen LogP contribution is -2.42. The van der Waals surface area contributed by atoms with E-state index in [4.69, 9.17) is 0 Å². The van der Waals surface area contributed by atoms with E-state index in [-0.39, 0.29) is 57.4 Å². The first-order valence-corrected chi connectivity index (χ1v) is 13.5. The van der Waals surface area contributed by atoms with Crippen molar-refractivity contribution in [1.29, 1.82) is 0 Å². The van der Waals surface area contributed by atoms with E-state index >= 15 is 0 Å². The number of carbonyl (C=O) groups excluding carboxylic acids is 2. The fourth-order valence-corrected chi connectivity index (χ4v) is 10.0. The summed E-state index contributed by atoms with van der Waals surface area (Å²) < 4.78 is 0. The zero-order valence-electron chi connectivity index (χ0n) is 18.9. The van der Waals surface area contributed by atoms with Crippen LogP contribution in [0.5, 0.6) is 0 Å². The SMILES string of the molecule is Cc1ccc([C@@H]2c3sc(=O)[nH]c3S[C@@H]3[C@H]4C[C@@H]([C@@H]5C(=O)N(c6ccc(C)cc6)C(=O)[C@@H]45)[C@@H]23)cc1. The number of imide groups is 1. The van der Waals surface area contributed by atoms with Gasteiger partial charge < -0.3 is 4.98 Å². The number of aromatic amines is 1. The molecule has 0 spiro atoms. The van der Waals surface area contributed by atoms with Crippen LogP contribution in [0.4, 0.5) is 5.69 Å². The van der Waals surface area contributed by atoms with E-state index < -0.39 is 0 Å². The quantitative estimate of drug-likeness (QED) is 0.530. The second-order valence-electron chi connectivity index (χ2n) is 10.2. The van der Waals surface area contributed by atoms with Gasteiger partial charge in [0.15, 0.2) is 0 Å². The van der Waals surface area contributed by atoms with Crippen LogP contribution in [0.15, 0.2) is 58.4 Å². The van der Waals surface area contributed by atoms with Crippen LogP contribution in [-0.4, -0.2) is 22.0 Å². The van der Waals surface area contributed by atoms with Crippen molar-refractivity contribution in [3.05, 3.63) is 79.8 Å². The lowest BCUT2D eigenvalue weighted by atomic mass is 9.68. The molecule has 2 amide bonds. The first-order chi connectivity index (χ1) is 16.4. The van der Waals surface area contributed by atoms with Crippen molar-refractivity contribution in [3.8, 4) is 0 Å². The summed E-state index contributed by atoms with van der Waals surface area (Å²) in [5.41, 5.74) is 4.19. The number of aromatic nitrogens is 1. The molecule has 2 saturated carbocycles. The molecule has 2 aromatic carbocycles. The normalized spacial score (nSPS) is 33.2. The average molecular weight is 489 g/mol. The van der Waals surface area contributed by atoms with Gasteiger partial charge in [-0.3, -0.25) is 19.3 Å². The summed E-state index contributed by atoms with van der Waals surface area (Å²) in [6, 6.07) is 16.3. The zero-order chi connectivity index (χ0) is 23.3. The Hall–Kier alpha value is -2.64. The molecule has 7 heteroatoms. The van der Waals surface area contributed by atoms with Crippen molar-refractivity contribution in [2.75, 3.05) is 4.90 Å². The largest absolute Gasteiger partial charge is 0.307 e. The molecule has 2 aliphatic carbocycles. The van der Waals surface area contributed by atoms with Crippen LogP contribution in [0.3, 0.4) is 0 Å². The zero-order valence-corrected chi connectivity index (χ0v) is 20.5. The number of fused-ring (bicyclic) bond motifs is 9. The number of rotatable bonds is 2. The molecule has 4 aliphatic rings. The number of amides is 2. The fraction of sp³-hybridized carbons (Fsp3) is 0.370. The summed E-state index contributed by atoms with van der Waals surface area (Å²) in [6.45, 7) is 4.08. The monoisotopic (exact) mass is 488 g/mol. The second kappa shape index (κ2) is 7.18. The van der Waals surface area contributed by atoms with Gasteiger partial charge in [0, 0.05) is 16.0 Å². The Morgan fingerprint density at radius 2 is 1.47 bits per heavy atom. The highest BCUT2D eigenvalue weighted by Crippen LogP contribution is 2.68. The molecule has 0 radical (unpaired) electrons. The van der Waals surface area contributed by atoms with Gasteiger partial charge in [0.25, 0.3) is 0 Å². The van der Waals surface area contributed by atoms with Gasteiger partial charge in [-0.15, -0.1) is 11.8 Å². The average Bonchev–Trinajstić information content (AvgIpc) is 3.54. The standard InChI is InChI=1S/C27H24N2O3S2/c1-12-3-7-14(8-4-12)18-19-16-11-17(22(19)33-24-23(18)34-27(32)28-24)21-20(16)25(30)29(26(21)31)15-9-5-13(2)6-10-15/h3-10,16-22H,11H2,1-2H3,(H,28,32)/t16-,17+,18+,19+,20+,21+,22-/m1/s1. The number of nitrogens with one attached hydrogen (secondary N) is 1. The minimum absolute atomic E-state index is 0.0279. The maximum absolute atomic E-state index is 13.7. The third-order valence-electron chi connectivity index (χ3n) is 8.45. The van der Waals surface area contributed by atoms with Gasteiger partial charge in [-0.25, -0.2) is 0 Å². The number of aryl methyl sites for hydroxylation is 2.